The van der Waals surface area contributed by atoms with Gasteiger partial charge in [0.25, 0.3) is 0 Å². The summed E-state index contributed by atoms with van der Waals surface area (Å²) in [7, 11) is 0. The summed E-state index contributed by atoms with van der Waals surface area (Å²) in [5.41, 5.74) is -0.836. The second-order valence-electron chi connectivity index (χ2n) is 6.08. The topological polar surface area (TPSA) is 132 Å². The third-order valence-corrected chi connectivity index (χ3v) is 2.90. The highest BCUT2D eigenvalue weighted by Gasteiger charge is 2.21. The largest absolute Gasteiger partial charge is 0.477 e. The van der Waals surface area contributed by atoms with Gasteiger partial charge < -0.3 is 14.3 Å². The molecule has 10 nitrogen and oxygen atoms in total. The van der Waals surface area contributed by atoms with Crippen molar-refractivity contribution in [2.24, 2.45) is 0 Å². The van der Waals surface area contributed by atoms with Crippen LogP contribution >= 0.6 is 0 Å². The molecule has 0 unspecified atom stereocenters. The van der Waals surface area contributed by atoms with E-state index in [4.69, 9.17) is 9.15 Å². The maximum atomic E-state index is 12.0. The van der Waals surface area contributed by atoms with Crippen molar-refractivity contribution in [2.75, 3.05) is 5.32 Å². The normalized spacial score (nSPS) is 11.5. The van der Waals surface area contributed by atoms with Crippen molar-refractivity contribution in [3.05, 3.63) is 30.2 Å². The molecule has 3 heterocycles. The van der Waals surface area contributed by atoms with Crippen LogP contribution in [-0.4, -0.2) is 42.4 Å². The number of nitrogens with zero attached hydrogens (tertiary/aromatic N) is 4. The fourth-order valence-electron chi connectivity index (χ4n) is 1.98. The summed E-state index contributed by atoms with van der Waals surface area (Å²) in [6.07, 6.45) is 0.667. The van der Waals surface area contributed by atoms with E-state index in [0.717, 1.165) is 0 Å². The first kappa shape index (κ1) is 16.4. The van der Waals surface area contributed by atoms with E-state index in [1.54, 1.807) is 32.9 Å². The van der Waals surface area contributed by atoms with Gasteiger partial charge in [-0.05, 0) is 32.9 Å². The average Bonchev–Trinajstić information content (AvgIpc) is 3.13. The number of aromatic carboxylic acids is 1. The number of hydrogen-bond donors (Lipinski definition) is 2. The molecule has 25 heavy (non-hydrogen) atoms. The SMILES string of the molecule is CC(C)(C)OC(=O)Nc1nc(C(=O)O)cc2nc(-c3ccco3)nn12. The molecule has 0 radical (unpaired) electrons. The van der Waals surface area contributed by atoms with Crippen LogP contribution in [0, 0.1) is 0 Å². The van der Waals surface area contributed by atoms with E-state index in [-0.39, 0.29) is 23.1 Å². The van der Waals surface area contributed by atoms with E-state index >= 15 is 0 Å². The lowest BCUT2D eigenvalue weighted by molar-refractivity contribution is 0.0629. The first-order valence-electron chi connectivity index (χ1n) is 7.28. The van der Waals surface area contributed by atoms with E-state index in [0.29, 0.717) is 5.76 Å². The fourth-order valence-corrected chi connectivity index (χ4v) is 1.98. The molecular weight excluding hydrogens is 330 g/mol. The van der Waals surface area contributed by atoms with E-state index in [9.17, 15) is 14.7 Å². The first-order valence-corrected chi connectivity index (χ1v) is 7.28. The van der Waals surface area contributed by atoms with Gasteiger partial charge in [0.05, 0.1) is 6.26 Å². The van der Waals surface area contributed by atoms with Gasteiger partial charge in [-0.3, -0.25) is 5.32 Å². The number of carboxylic acids is 1. The number of carboxylic acid groups (broad SMARTS) is 1. The van der Waals surface area contributed by atoms with E-state index in [1.165, 1.54) is 16.8 Å². The molecule has 0 aliphatic carbocycles. The summed E-state index contributed by atoms with van der Waals surface area (Å²) in [4.78, 5) is 31.3. The zero-order valence-corrected chi connectivity index (χ0v) is 13.7. The molecule has 0 saturated carbocycles. The first-order chi connectivity index (χ1) is 11.7. The van der Waals surface area contributed by atoms with Crippen LogP contribution < -0.4 is 5.32 Å². The van der Waals surface area contributed by atoms with Crippen LogP contribution in [0.2, 0.25) is 0 Å². The summed E-state index contributed by atoms with van der Waals surface area (Å²) in [6, 6.07) is 4.56. The number of carbonyl (C=O) groups excluding carboxylic acids is 1. The number of nitrogens with one attached hydrogen (secondary N) is 1. The van der Waals surface area contributed by atoms with Gasteiger partial charge in [-0.2, -0.15) is 4.52 Å². The summed E-state index contributed by atoms with van der Waals surface area (Å²) in [6.45, 7) is 5.11. The lowest BCUT2D eigenvalue weighted by atomic mass is 10.2. The van der Waals surface area contributed by atoms with Crippen molar-refractivity contribution in [1.29, 1.82) is 0 Å². The number of carbonyl (C=O) groups is 2. The molecule has 0 aliphatic heterocycles. The second-order valence-corrected chi connectivity index (χ2v) is 6.08. The van der Waals surface area contributed by atoms with Gasteiger partial charge in [0.15, 0.2) is 17.1 Å². The molecule has 0 aliphatic rings. The van der Waals surface area contributed by atoms with Crippen molar-refractivity contribution in [1.82, 2.24) is 19.6 Å². The van der Waals surface area contributed by atoms with Crippen molar-refractivity contribution in [2.45, 2.75) is 26.4 Å². The van der Waals surface area contributed by atoms with Gasteiger partial charge in [0, 0.05) is 6.07 Å². The van der Waals surface area contributed by atoms with Crippen molar-refractivity contribution >= 4 is 23.7 Å². The zero-order chi connectivity index (χ0) is 18.2. The van der Waals surface area contributed by atoms with E-state index in [1.807, 2.05) is 0 Å². The lowest BCUT2D eigenvalue weighted by Crippen LogP contribution is -2.28. The highest BCUT2D eigenvalue weighted by Crippen LogP contribution is 2.19. The van der Waals surface area contributed by atoms with Crippen LogP contribution in [0.3, 0.4) is 0 Å². The van der Waals surface area contributed by atoms with E-state index in [2.05, 4.69) is 20.4 Å². The number of fused-ring (bicyclic) bond motifs is 1. The Morgan fingerprint density at radius 3 is 2.68 bits per heavy atom. The second kappa shape index (κ2) is 5.89. The molecule has 2 N–H and O–H groups in total. The molecule has 0 fully saturated rings. The highest BCUT2D eigenvalue weighted by molar-refractivity contribution is 5.89. The Balaban J connectivity index is 2.05. The fraction of sp³-hybridized carbons (Fsp3) is 0.267. The summed E-state index contributed by atoms with van der Waals surface area (Å²) >= 11 is 0. The van der Waals surface area contributed by atoms with Gasteiger partial charge >= 0.3 is 12.1 Å². The smallest absolute Gasteiger partial charge is 0.414 e. The molecule has 0 saturated heterocycles. The number of amides is 1. The van der Waals surface area contributed by atoms with Gasteiger partial charge in [0.2, 0.25) is 11.8 Å². The van der Waals surface area contributed by atoms with Gasteiger partial charge in [0.1, 0.15) is 5.60 Å². The summed E-state index contributed by atoms with van der Waals surface area (Å²) in [5, 5.41) is 15.8. The number of aromatic nitrogens is 4. The Labute approximate surface area is 141 Å². The molecule has 3 aromatic heterocycles. The molecular formula is C15H15N5O5. The Hall–Kier alpha value is -3.43. The van der Waals surface area contributed by atoms with Crippen LogP contribution in [0.25, 0.3) is 17.2 Å². The molecule has 0 bridgehead atoms. The van der Waals surface area contributed by atoms with Crippen LogP contribution in [0.15, 0.2) is 28.9 Å². The van der Waals surface area contributed by atoms with Gasteiger partial charge in [-0.1, -0.05) is 0 Å². The van der Waals surface area contributed by atoms with Gasteiger partial charge in [-0.15, -0.1) is 5.10 Å². The predicted molar refractivity (Wildman–Crippen MR) is 85.3 cm³/mol. The standard InChI is InChI=1S/C15H15N5O5/c1-15(2,3)25-14(23)18-13-16-8(12(21)22)7-10-17-11(19-20(10)13)9-5-4-6-24-9/h4-7H,1-3H3,(H,21,22)(H,16,18,23). The third-order valence-electron chi connectivity index (χ3n) is 2.90. The molecule has 1 amide bonds. The summed E-state index contributed by atoms with van der Waals surface area (Å²) in [5.74, 6) is -0.780. The minimum absolute atomic E-state index is 0.130. The van der Waals surface area contributed by atoms with Crippen LogP contribution in [0.4, 0.5) is 10.7 Å². The predicted octanol–water partition coefficient (Wildman–Crippen LogP) is 2.43. The minimum Gasteiger partial charge on any atom is -0.477 e. The van der Waals surface area contributed by atoms with Crippen molar-refractivity contribution < 1.29 is 23.8 Å². The Morgan fingerprint density at radius 2 is 2.08 bits per heavy atom. The average molecular weight is 345 g/mol. The van der Waals surface area contributed by atoms with Crippen LogP contribution in [0.5, 0.6) is 0 Å². The van der Waals surface area contributed by atoms with Crippen molar-refractivity contribution in [3.8, 4) is 11.6 Å². The molecule has 130 valence electrons. The Morgan fingerprint density at radius 1 is 1.32 bits per heavy atom. The Bertz CT molecular complexity index is 939. The number of anilines is 1. The quantitative estimate of drug-likeness (QED) is 0.739. The molecule has 10 heteroatoms. The Kier molecular flexibility index (Phi) is 3.87. The maximum absolute atomic E-state index is 12.0. The zero-order valence-electron chi connectivity index (χ0n) is 13.7. The number of furan rings is 1. The third kappa shape index (κ3) is 3.57. The maximum Gasteiger partial charge on any atom is 0.414 e. The summed E-state index contributed by atoms with van der Waals surface area (Å²) < 4.78 is 11.6. The van der Waals surface area contributed by atoms with Crippen LogP contribution in [0.1, 0.15) is 31.3 Å². The molecule has 3 rings (SSSR count). The van der Waals surface area contributed by atoms with E-state index < -0.39 is 17.7 Å². The molecule has 0 aromatic carbocycles. The monoisotopic (exact) mass is 345 g/mol. The minimum atomic E-state index is -1.27. The van der Waals surface area contributed by atoms with Gasteiger partial charge in [-0.25, -0.2) is 19.6 Å². The van der Waals surface area contributed by atoms with Crippen LogP contribution in [-0.2, 0) is 4.74 Å². The number of rotatable bonds is 3. The highest BCUT2D eigenvalue weighted by atomic mass is 16.6. The molecule has 0 atom stereocenters. The van der Waals surface area contributed by atoms with Crippen molar-refractivity contribution in [3.63, 3.8) is 0 Å². The number of ether oxygens (including phenoxy) is 1. The molecule has 0 spiro atoms. The molecule has 3 aromatic rings. The number of hydrogen-bond acceptors (Lipinski definition) is 7. The lowest BCUT2D eigenvalue weighted by Gasteiger charge is -2.19.